The van der Waals surface area contributed by atoms with E-state index >= 15 is 0 Å². The molecular formula is C22H27N3O4. The molecule has 1 saturated carbocycles. The fourth-order valence-corrected chi connectivity index (χ4v) is 4.87. The van der Waals surface area contributed by atoms with Crippen LogP contribution in [0.2, 0.25) is 0 Å². The predicted molar refractivity (Wildman–Crippen MR) is 111 cm³/mol. The SMILES string of the molecule is O=C1C2CCCCC2C(=O)N1c1ccc(NCCC2=CCCCC2)c([N+](=O)[O-])c1. The first-order chi connectivity index (χ1) is 14.1. The molecule has 0 spiro atoms. The zero-order chi connectivity index (χ0) is 20.4. The van der Waals surface area contributed by atoms with Crippen molar-refractivity contribution < 1.29 is 14.5 Å². The molecule has 2 atom stereocenters. The zero-order valence-corrected chi connectivity index (χ0v) is 16.6. The van der Waals surface area contributed by atoms with Crippen LogP contribution < -0.4 is 10.2 Å². The summed E-state index contributed by atoms with van der Waals surface area (Å²) in [6, 6.07) is 4.61. The number of nitro groups is 1. The molecule has 2 amide bonds. The third-order valence-electron chi connectivity index (χ3n) is 6.42. The summed E-state index contributed by atoms with van der Waals surface area (Å²) in [5, 5.41) is 14.8. The van der Waals surface area contributed by atoms with Gasteiger partial charge in [-0.1, -0.05) is 24.5 Å². The van der Waals surface area contributed by atoms with Crippen LogP contribution in [-0.4, -0.2) is 23.3 Å². The summed E-state index contributed by atoms with van der Waals surface area (Å²) >= 11 is 0. The van der Waals surface area contributed by atoms with Gasteiger partial charge in [0.25, 0.3) is 5.69 Å². The Morgan fingerprint density at radius 3 is 2.41 bits per heavy atom. The largest absolute Gasteiger partial charge is 0.379 e. The molecule has 0 aromatic heterocycles. The summed E-state index contributed by atoms with van der Waals surface area (Å²) in [5.41, 5.74) is 2.03. The molecule has 0 radical (unpaired) electrons. The lowest BCUT2D eigenvalue weighted by Gasteiger charge is -2.19. The van der Waals surface area contributed by atoms with Crippen LogP contribution in [0.3, 0.4) is 0 Å². The number of amides is 2. The molecule has 1 aliphatic heterocycles. The van der Waals surface area contributed by atoms with Gasteiger partial charge in [-0.15, -0.1) is 0 Å². The van der Waals surface area contributed by atoms with E-state index in [0.29, 0.717) is 17.9 Å². The van der Waals surface area contributed by atoms with Gasteiger partial charge in [-0.3, -0.25) is 19.7 Å². The molecule has 7 nitrogen and oxygen atoms in total. The van der Waals surface area contributed by atoms with Gasteiger partial charge in [0.05, 0.1) is 22.4 Å². The van der Waals surface area contributed by atoms with E-state index in [9.17, 15) is 19.7 Å². The highest BCUT2D eigenvalue weighted by Gasteiger charge is 2.49. The van der Waals surface area contributed by atoms with E-state index in [1.165, 1.54) is 29.4 Å². The Hall–Kier alpha value is -2.70. The summed E-state index contributed by atoms with van der Waals surface area (Å²) in [7, 11) is 0. The molecule has 1 N–H and O–H groups in total. The van der Waals surface area contributed by atoms with Gasteiger partial charge in [0.2, 0.25) is 11.8 Å². The Morgan fingerprint density at radius 1 is 1.07 bits per heavy atom. The van der Waals surface area contributed by atoms with Crippen molar-refractivity contribution in [3.63, 3.8) is 0 Å². The molecule has 4 rings (SSSR count). The highest BCUT2D eigenvalue weighted by molar-refractivity contribution is 6.22. The minimum atomic E-state index is -0.455. The monoisotopic (exact) mass is 397 g/mol. The molecule has 2 fully saturated rings. The average molecular weight is 397 g/mol. The van der Waals surface area contributed by atoms with Crippen LogP contribution in [-0.2, 0) is 9.59 Å². The number of carbonyl (C=O) groups excluding carboxylic acids is 2. The third-order valence-corrected chi connectivity index (χ3v) is 6.42. The number of hydrogen-bond donors (Lipinski definition) is 1. The van der Waals surface area contributed by atoms with Crippen molar-refractivity contribution in [3.05, 3.63) is 40.0 Å². The second kappa shape index (κ2) is 8.35. The lowest BCUT2D eigenvalue weighted by Crippen LogP contribution is -2.30. The van der Waals surface area contributed by atoms with E-state index in [4.69, 9.17) is 0 Å². The molecule has 0 bridgehead atoms. The van der Waals surface area contributed by atoms with Crippen LogP contribution >= 0.6 is 0 Å². The smallest absolute Gasteiger partial charge is 0.294 e. The van der Waals surface area contributed by atoms with Crippen molar-refractivity contribution in [2.45, 2.75) is 57.8 Å². The highest BCUT2D eigenvalue weighted by Crippen LogP contribution is 2.41. The Balaban J connectivity index is 1.51. The number of anilines is 2. The standard InChI is InChI=1S/C22H27N3O4/c26-21-17-8-4-5-9-18(17)22(27)24(21)16-10-11-19(20(14-16)25(28)29)23-13-12-15-6-2-1-3-7-15/h6,10-11,14,17-18,23H,1-5,7-9,12-13H2. The zero-order valence-electron chi connectivity index (χ0n) is 16.6. The number of nitro benzene ring substituents is 1. The summed E-state index contributed by atoms with van der Waals surface area (Å²) in [6.07, 6.45) is 11.2. The average Bonchev–Trinajstić information content (AvgIpc) is 2.99. The number of allylic oxidation sites excluding steroid dienone is 1. The lowest BCUT2D eigenvalue weighted by atomic mass is 9.81. The summed E-state index contributed by atoms with van der Waals surface area (Å²) < 4.78 is 0. The van der Waals surface area contributed by atoms with Crippen molar-refractivity contribution in [2.75, 3.05) is 16.8 Å². The number of nitrogens with zero attached hydrogens (tertiary/aromatic N) is 2. The first kappa shape index (κ1) is 19.6. The molecule has 2 aliphatic carbocycles. The fraction of sp³-hybridized carbons (Fsp3) is 0.545. The van der Waals surface area contributed by atoms with Crippen molar-refractivity contribution in [2.24, 2.45) is 11.8 Å². The first-order valence-electron chi connectivity index (χ1n) is 10.6. The Labute approximate surface area is 170 Å². The van der Waals surface area contributed by atoms with Crippen molar-refractivity contribution in [1.29, 1.82) is 0 Å². The maximum atomic E-state index is 12.8. The summed E-state index contributed by atoms with van der Waals surface area (Å²) in [6.45, 7) is 0.623. The van der Waals surface area contributed by atoms with Crippen molar-refractivity contribution in [1.82, 2.24) is 0 Å². The molecule has 2 unspecified atom stereocenters. The maximum absolute atomic E-state index is 12.8. The van der Waals surface area contributed by atoms with Gasteiger partial charge in [0.1, 0.15) is 5.69 Å². The number of benzene rings is 1. The molecule has 29 heavy (non-hydrogen) atoms. The minimum Gasteiger partial charge on any atom is -0.379 e. The normalized spacial score (nSPS) is 24.3. The molecule has 1 aromatic rings. The molecular weight excluding hydrogens is 370 g/mol. The number of nitrogens with one attached hydrogen (secondary N) is 1. The van der Waals surface area contributed by atoms with Crippen LogP contribution in [0.5, 0.6) is 0 Å². The van der Waals surface area contributed by atoms with Gasteiger partial charge in [-0.05, 0) is 57.1 Å². The van der Waals surface area contributed by atoms with Gasteiger partial charge in [-0.2, -0.15) is 0 Å². The Kier molecular flexibility index (Phi) is 5.65. The fourth-order valence-electron chi connectivity index (χ4n) is 4.87. The van der Waals surface area contributed by atoms with Gasteiger partial charge >= 0.3 is 0 Å². The van der Waals surface area contributed by atoms with E-state index in [1.54, 1.807) is 12.1 Å². The number of imide groups is 1. The highest BCUT2D eigenvalue weighted by atomic mass is 16.6. The van der Waals surface area contributed by atoms with Gasteiger partial charge in [0.15, 0.2) is 0 Å². The van der Waals surface area contributed by atoms with Gasteiger partial charge in [-0.25, -0.2) is 4.90 Å². The molecule has 7 heteroatoms. The second-order valence-corrected chi connectivity index (χ2v) is 8.25. The number of fused-ring (bicyclic) bond motifs is 1. The van der Waals surface area contributed by atoms with Crippen LogP contribution in [0.1, 0.15) is 57.8 Å². The quantitative estimate of drug-likeness (QED) is 0.328. The van der Waals surface area contributed by atoms with Crippen LogP contribution in [0.15, 0.2) is 29.8 Å². The van der Waals surface area contributed by atoms with E-state index in [0.717, 1.165) is 44.9 Å². The Morgan fingerprint density at radius 2 is 1.79 bits per heavy atom. The van der Waals surface area contributed by atoms with E-state index < -0.39 is 4.92 Å². The second-order valence-electron chi connectivity index (χ2n) is 8.25. The van der Waals surface area contributed by atoms with Crippen LogP contribution in [0.4, 0.5) is 17.1 Å². The molecule has 1 saturated heterocycles. The number of rotatable bonds is 6. The molecule has 1 heterocycles. The summed E-state index contributed by atoms with van der Waals surface area (Å²) in [5.74, 6) is -0.952. The van der Waals surface area contributed by atoms with Crippen molar-refractivity contribution in [3.8, 4) is 0 Å². The number of carbonyl (C=O) groups is 2. The Bertz CT molecular complexity index is 840. The van der Waals surface area contributed by atoms with Crippen LogP contribution in [0, 0.1) is 22.0 Å². The molecule has 154 valence electrons. The lowest BCUT2D eigenvalue weighted by molar-refractivity contribution is -0.383. The molecule has 1 aromatic carbocycles. The molecule has 3 aliphatic rings. The van der Waals surface area contributed by atoms with Crippen molar-refractivity contribution >= 4 is 28.9 Å². The van der Waals surface area contributed by atoms with E-state index in [-0.39, 0.29) is 29.3 Å². The third kappa shape index (κ3) is 3.91. The van der Waals surface area contributed by atoms with Crippen LogP contribution in [0.25, 0.3) is 0 Å². The van der Waals surface area contributed by atoms with E-state index in [1.807, 2.05) is 0 Å². The topological polar surface area (TPSA) is 92.6 Å². The van der Waals surface area contributed by atoms with Gasteiger partial charge in [0, 0.05) is 12.6 Å². The minimum absolute atomic E-state index is 0.101. The first-order valence-corrected chi connectivity index (χ1v) is 10.6. The summed E-state index contributed by atoms with van der Waals surface area (Å²) in [4.78, 5) is 37.9. The number of hydrogen-bond acceptors (Lipinski definition) is 5. The maximum Gasteiger partial charge on any atom is 0.294 e. The van der Waals surface area contributed by atoms with Gasteiger partial charge < -0.3 is 5.32 Å². The van der Waals surface area contributed by atoms with E-state index in [2.05, 4.69) is 11.4 Å². The predicted octanol–water partition coefficient (Wildman–Crippen LogP) is 4.58.